The molecule has 2 N–H and O–H groups in total. The van der Waals surface area contributed by atoms with Crippen LogP contribution in [-0.2, 0) is 28.7 Å². The molecule has 0 radical (unpaired) electrons. The maximum atomic E-state index is 14.4. The van der Waals surface area contributed by atoms with Gasteiger partial charge in [-0.15, -0.1) is 13.2 Å². The number of allylic oxidation sites excluding steroid dienone is 1. The Balaban J connectivity index is 1.90. The summed E-state index contributed by atoms with van der Waals surface area (Å²) in [7, 11) is 0. The van der Waals surface area contributed by atoms with Gasteiger partial charge in [-0.05, 0) is 44.9 Å². The van der Waals surface area contributed by atoms with Gasteiger partial charge in [0.2, 0.25) is 17.7 Å². The van der Waals surface area contributed by atoms with Gasteiger partial charge in [0.1, 0.15) is 17.7 Å². The zero-order chi connectivity index (χ0) is 31.0. The molecule has 3 heterocycles. The number of amides is 3. The van der Waals surface area contributed by atoms with Crippen LogP contribution in [0.1, 0.15) is 79.1 Å². The lowest BCUT2D eigenvalue weighted by Gasteiger charge is -2.39. The van der Waals surface area contributed by atoms with Gasteiger partial charge < -0.3 is 29.7 Å². The number of hydrogen-bond donors (Lipinski definition) is 2. The molecule has 3 amide bonds. The van der Waals surface area contributed by atoms with Crippen molar-refractivity contribution >= 4 is 23.7 Å². The first-order chi connectivity index (χ1) is 20.1. The number of esters is 1. The summed E-state index contributed by atoms with van der Waals surface area (Å²) in [4.78, 5) is 57.5. The molecule has 2 bridgehead atoms. The highest BCUT2D eigenvalue weighted by Crippen LogP contribution is 2.59. The Morgan fingerprint density at radius 3 is 2.60 bits per heavy atom. The van der Waals surface area contributed by atoms with Crippen LogP contribution in [0.5, 0.6) is 0 Å². The van der Waals surface area contributed by atoms with Gasteiger partial charge in [-0.1, -0.05) is 45.8 Å². The van der Waals surface area contributed by atoms with E-state index in [-0.39, 0.29) is 36.8 Å². The van der Waals surface area contributed by atoms with E-state index >= 15 is 0 Å². The smallest absolute Gasteiger partial charge is 0.312 e. The number of carbonyl (C=O) groups is 4. The van der Waals surface area contributed by atoms with Crippen LogP contribution in [0.25, 0.3) is 0 Å². The number of fused-ring (bicyclic) bond motifs is 1. The first kappa shape index (κ1) is 33.8. The Morgan fingerprint density at radius 2 is 1.98 bits per heavy atom. The number of aliphatic hydroxyl groups is 1. The second-order valence-electron chi connectivity index (χ2n) is 12.4. The first-order valence-electron chi connectivity index (χ1n) is 15.6. The average Bonchev–Trinajstić information content (AvgIpc) is 3.60. The van der Waals surface area contributed by atoms with Gasteiger partial charge in [0.25, 0.3) is 0 Å². The molecule has 236 valence electrons. The number of likely N-dealkylation sites (tertiary alicyclic amines) is 1. The van der Waals surface area contributed by atoms with Gasteiger partial charge in [0.05, 0.1) is 37.1 Å². The van der Waals surface area contributed by atoms with Crippen LogP contribution in [0.15, 0.2) is 25.3 Å². The lowest BCUT2D eigenvalue weighted by atomic mass is 9.70. The van der Waals surface area contributed by atoms with Gasteiger partial charge in [-0.25, -0.2) is 0 Å². The minimum Gasteiger partial charge on any atom is -0.460 e. The highest BCUT2D eigenvalue weighted by molar-refractivity contribution is 5.98. The van der Waals surface area contributed by atoms with Crippen molar-refractivity contribution < 1.29 is 33.8 Å². The molecule has 0 aromatic rings. The quantitative estimate of drug-likeness (QED) is 0.143. The Bertz CT molecular complexity index is 1000. The van der Waals surface area contributed by atoms with Crippen LogP contribution in [-0.4, -0.2) is 94.7 Å². The first-order valence-corrected chi connectivity index (χ1v) is 15.6. The molecule has 42 heavy (non-hydrogen) atoms. The van der Waals surface area contributed by atoms with Crippen LogP contribution < -0.4 is 5.32 Å². The molecule has 0 aromatic heterocycles. The van der Waals surface area contributed by atoms with E-state index in [1.807, 2.05) is 13.8 Å². The summed E-state index contributed by atoms with van der Waals surface area (Å²) < 4.78 is 12.3. The fraction of sp³-hybridized carbons (Fsp3) is 0.750. The molecule has 1 spiro atoms. The van der Waals surface area contributed by atoms with E-state index in [1.165, 1.54) is 4.90 Å². The van der Waals surface area contributed by atoms with E-state index in [0.29, 0.717) is 45.2 Å². The largest absolute Gasteiger partial charge is 0.460 e. The third-order valence-electron chi connectivity index (χ3n) is 8.76. The molecule has 3 fully saturated rings. The maximum Gasteiger partial charge on any atom is 0.312 e. The predicted octanol–water partition coefficient (Wildman–Crippen LogP) is 2.99. The summed E-state index contributed by atoms with van der Waals surface area (Å²) in [5.41, 5.74) is -1.17. The van der Waals surface area contributed by atoms with Crippen molar-refractivity contribution in [2.24, 2.45) is 17.8 Å². The van der Waals surface area contributed by atoms with E-state index in [4.69, 9.17) is 9.47 Å². The number of ether oxygens (including phenoxy) is 2. The van der Waals surface area contributed by atoms with Crippen LogP contribution in [0.4, 0.5) is 0 Å². The lowest BCUT2D eigenvalue weighted by Crippen LogP contribution is -2.59. The average molecular weight is 590 g/mol. The second kappa shape index (κ2) is 15.1. The number of nitrogens with one attached hydrogen (secondary N) is 1. The molecular formula is C32H51N3O7. The molecule has 3 aliphatic rings. The Hall–Kier alpha value is -2.72. The molecule has 3 saturated heterocycles. The monoisotopic (exact) mass is 589 g/mol. The molecule has 0 aliphatic carbocycles. The third kappa shape index (κ3) is 7.08. The normalized spacial score (nSPS) is 27.5. The minimum absolute atomic E-state index is 0.145. The molecular weight excluding hydrogens is 538 g/mol. The molecule has 10 nitrogen and oxygen atoms in total. The Kier molecular flexibility index (Phi) is 12.2. The number of aliphatic hydroxyl groups excluding tert-OH is 1. The number of hydrogen-bond acceptors (Lipinski definition) is 7. The van der Waals surface area contributed by atoms with E-state index in [9.17, 15) is 24.3 Å². The van der Waals surface area contributed by atoms with E-state index in [1.54, 1.807) is 24.0 Å². The topological polar surface area (TPSA) is 125 Å². The van der Waals surface area contributed by atoms with Crippen LogP contribution in [0.2, 0.25) is 0 Å². The van der Waals surface area contributed by atoms with Crippen molar-refractivity contribution in [1.29, 1.82) is 0 Å². The molecule has 0 aromatic carbocycles. The van der Waals surface area contributed by atoms with Gasteiger partial charge in [-0.2, -0.15) is 0 Å². The summed E-state index contributed by atoms with van der Waals surface area (Å²) in [6, 6.07) is -1.53. The van der Waals surface area contributed by atoms with Crippen LogP contribution >= 0.6 is 0 Å². The van der Waals surface area contributed by atoms with Crippen molar-refractivity contribution in [1.82, 2.24) is 15.1 Å². The van der Waals surface area contributed by atoms with Crippen molar-refractivity contribution in [3.63, 3.8) is 0 Å². The van der Waals surface area contributed by atoms with Gasteiger partial charge in [0.15, 0.2) is 0 Å². The Labute approximate surface area is 250 Å². The molecule has 10 heteroatoms. The third-order valence-corrected chi connectivity index (χ3v) is 8.76. The van der Waals surface area contributed by atoms with Crippen molar-refractivity contribution in [3.8, 4) is 0 Å². The predicted molar refractivity (Wildman–Crippen MR) is 159 cm³/mol. The number of rotatable bonds is 18. The fourth-order valence-corrected chi connectivity index (χ4v) is 6.92. The van der Waals surface area contributed by atoms with E-state index in [2.05, 4.69) is 25.4 Å². The Morgan fingerprint density at radius 1 is 1.24 bits per heavy atom. The van der Waals surface area contributed by atoms with Crippen molar-refractivity contribution in [3.05, 3.63) is 25.3 Å². The summed E-state index contributed by atoms with van der Waals surface area (Å²) >= 11 is 0. The lowest BCUT2D eigenvalue weighted by molar-refractivity contribution is -0.160. The minimum atomic E-state index is -1.17. The van der Waals surface area contributed by atoms with Gasteiger partial charge in [-0.3, -0.25) is 19.2 Å². The zero-order valence-electron chi connectivity index (χ0n) is 25.9. The van der Waals surface area contributed by atoms with Crippen molar-refractivity contribution in [2.45, 2.75) is 109 Å². The summed E-state index contributed by atoms with van der Waals surface area (Å²) in [5.74, 6) is -2.87. The van der Waals surface area contributed by atoms with Gasteiger partial charge in [0, 0.05) is 19.5 Å². The summed E-state index contributed by atoms with van der Waals surface area (Å²) in [6.07, 6.45) is 7.35. The molecule has 0 saturated carbocycles. The number of carbonyl (C=O) groups excluding carboxylic acids is 4. The van der Waals surface area contributed by atoms with Crippen LogP contribution in [0.3, 0.4) is 0 Å². The van der Waals surface area contributed by atoms with Gasteiger partial charge >= 0.3 is 5.97 Å². The zero-order valence-corrected chi connectivity index (χ0v) is 25.9. The maximum absolute atomic E-state index is 14.4. The van der Waals surface area contributed by atoms with Crippen molar-refractivity contribution in [2.75, 3.05) is 26.2 Å². The van der Waals surface area contributed by atoms with E-state index in [0.717, 1.165) is 19.3 Å². The highest BCUT2D eigenvalue weighted by atomic mass is 16.6. The number of unbranched alkanes of at least 4 members (excludes halogenated alkanes) is 2. The standard InChI is InChI=1S/C32H51N3O7/c1-7-10-12-17-34(16-9-3)30(39)28-32-15-14-24(42-32)26(27(32)29(38)35(28)23(20-36)18-21(4)5)31(40)41-22(6)19-33-25(37)13-11-8-2/h8-9,21-24,26-28,36H,2-3,7,10-20H2,1,4-6H3,(H,33,37)/t22-,23+,24+,26-,27-,28+,32-/m0/s1. The fourth-order valence-electron chi connectivity index (χ4n) is 6.92. The molecule has 3 rings (SSSR count). The second-order valence-corrected chi connectivity index (χ2v) is 12.4. The summed E-state index contributed by atoms with van der Waals surface area (Å²) in [6.45, 7) is 16.0. The molecule has 3 aliphatic heterocycles. The SMILES string of the molecule is C=CCCC(=O)NC[C@H](C)OC(=O)[C@@H]1[C@H]2C(=O)N([C@@H](CO)CC(C)C)[C@H](C(=O)N(CC=C)CCCCC)[C@]23CC[C@H]1O3. The van der Waals surface area contributed by atoms with E-state index < -0.39 is 47.7 Å². The summed E-state index contributed by atoms with van der Waals surface area (Å²) in [5, 5.41) is 13.2. The number of nitrogens with zero attached hydrogens (tertiary/aromatic N) is 2. The molecule has 7 atom stereocenters. The highest BCUT2D eigenvalue weighted by Gasteiger charge is 2.75. The van der Waals surface area contributed by atoms with Crippen LogP contribution in [0, 0.1) is 17.8 Å². The molecule has 0 unspecified atom stereocenters.